The van der Waals surface area contributed by atoms with E-state index in [2.05, 4.69) is 32.8 Å². The van der Waals surface area contributed by atoms with Crippen molar-refractivity contribution in [2.45, 2.75) is 45.6 Å². The molecule has 1 saturated heterocycles. The third-order valence-corrected chi connectivity index (χ3v) is 3.68. The highest BCUT2D eigenvalue weighted by atomic mass is 127. The Balaban J connectivity index is 0.00000441. The van der Waals surface area contributed by atoms with Crippen LogP contribution in [0, 0.1) is 0 Å². The molecule has 0 aliphatic carbocycles. The molecule has 0 unspecified atom stereocenters. The van der Waals surface area contributed by atoms with E-state index in [0.29, 0.717) is 6.04 Å². The van der Waals surface area contributed by atoms with Crippen LogP contribution in [0.3, 0.4) is 0 Å². The number of likely N-dealkylation sites (tertiary alicyclic amines) is 1. The molecule has 0 radical (unpaired) electrons. The fourth-order valence-corrected chi connectivity index (χ4v) is 2.50. The van der Waals surface area contributed by atoms with Gasteiger partial charge >= 0.3 is 0 Å². The van der Waals surface area contributed by atoms with Crippen LogP contribution >= 0.6 is 24.0 Å². The topological polar surface area (TPSA) is 68.8 Å². The number of carbonyl (C=O) groups is 1. The summed E-state index contributed by atoms with van der Waals surface area (Å²) < 4.78 is 0. The number of piperidine rings is 1. The number of aliphatic imine (C=N–C) groups is 1. The summed E-state index contributed by atoms with van der Waals surface area (Å²) in [4.78, 5) is 18.3. The molecule has 130 valence electrons. The third kappa shape index (κ3) is 8.77. The Morgan fingerprint density at radius 1 is 1.18 bits per heavy atom. The van der Waals surface area contributed by atoms with Gasteiger partial charge in [-0.1, -0.05) is 13.8 Å². The Bertz CT molecular complexity index is 330. The van der Waals surface area contributed by atoms with Gasteiger partial charge in [0, 0.05) is 32.7 Å². The van der Waals surface area contributed by atoms with Gasteiger partial charge in [-0.25, -0.2) is 0 Å². The third-order valence-electron chi connectivity index (χ3n) is 3.68. The van der Waals surface area contributed by atoms with E-state index >= 15 is 0 Å². The van der Waals surface area contributed by atoms with Crippen LogP contribution < -0.4 is 16.0 Å². The molecule has 0 aromatic heterocycles. The number of guanidine groups is 1. The smallest absolute Gasteiger partial charge is 0.239 e. The van der Waals surface area contributed by atoms with Crippen molar-refractivity contribution >= 4 is 35.8 Å². The summed E-state index contributed by atoms with van der Waals surface area (Å²) in [5.74, 6) is 0.730. The lowest BCUT2D eigenvalue weighted by Gasteiger charge is -2.32. The van der Waals surface area contributed by atoms with Crippen molar-refractivity contribution in [3.8, 4) is 0 Å². The minimum atomic E-state index is 0. The highest BCUT2D eigenvalue weighted by Crippen LogP contribution is 2.10. The van der Waals surface area contributed by atoms with E-state index < -0.39 is 0 Å². The Hall–Kier alpha value is -0.570. The van der Waals surface area contributed by atoms with E-state index in [9.17, 15) is 4.79 Å². The van der Waals surface area contributed by atoms with Gasteiger partial charge in [0.15, 0.2) is 5.96 Å². The van der Waals surface area contributed by atoms with Crippen LogP contribution in [-0.2, 0) is 4.79 Å². The monoisotopic (exact) mass is 425 g/mol. The standard InChI is InChI=1S/C15H31N5O.HI/c1-4-8-17-14(21)12-18-15(16-3)19-13-6-10-20(9-5-2)11-7-13;/h13H,4-12H2,1-3H3,(H,17,21)(H2,16,18,19);1H. The predicted molar refractivity (Wildman–Crippen MR) is 103 cm³/mol. The molecule has 0 aromatic rings. The molecule has 0 atom stereocenters. The van der Waals surface area contributed by atoms with Crippen LogP contribution in [0.2, 0.25) is 0 Å². The van der Waals surface area contributed by atoms with Crippen LogP contribution in [0.1, 0.15) is 39.5 Å². The minimum Gasteiger partial charge on any atom is -0.355 e. The first-order valence-electron chi connectivity index (χ1n) is 8.15. The van der Waals surface area contributed by atoms with E-state index in [4.69, 9.17) is 0 Å². The van der Waals surface area contributed by atoms with Crippen molar-refractivity contribution in [3.63, 3.8) is 0 Å². The van der Waals surface area contributed by atoms with E-state index in [-0.39, 0.29) is 36.4 Å². The highest BCUT2D eigenvalue weighted by molar-refractivity contribution is 14.0. The predicted octanol–water partition coefficient (Wildman–Crippen LogP) is 1.17. The summed E-state index contributed by atoms with van der Waals surface area (Å²) in [6, 6.07) is 0.447. The first kappa shape index (κ1) is 21.4. The van der Waals surface area contributed by atoms with Gasteiger partial charge in [-0.15, -0.1) is 24.0 Å². The second-order valence-corrected chi connectivity index (χ2v) is 5.54. The zero-order chi connectivity index (χ0) is 15.5. The number of amides is 1. The number of hydrogen-bond acceptors (Lipinski definition) is 3. The van der Waals surface area contributed by atoms with Crippen molar-refractivity contribution in [3.05, 3.63) is 0 Å². The van der Waals surface area contributed by atoms with Crippen LogP contribution in [-0.4, -0.2) is 62.6 Å². The van der Waals surface area contributed by atoms with Gasteiger partial charge in [0.2, 0.25) is 5.91 Å². The van der Waals surface area contributed by atoms with Gasteiger partial charge in [-0.05, 0) is 32.2 Å². The van der Waals surface area contributed by atoms with Crippen molar-refractivity contribution < 1.29 is 4.79 Å². The quantitative estimate of drug-likeness (QED) is 0.326. The largest absolute Gasteiger partial charge is 0.355 e. The molecular weight excluding hydrogens is 393 g/mol. The van der Waals surface area contributed by atoms with Crippen molar-refractivity contribution in [1.82, 2.24) is 20.9 Å². The van der Waals surface area contributed by atoms with E-state index in [1.54, 1.807) is 7.05 Å². The molecule has 0 spiro atoms. The summed E-state index contributed by atoms with van der Waals surface area (Å²) in [5, 5.41) is 9.33. The fraction of sp³-hybridized carbons (Fsp3) is 0.867. The molecule has 0 saturated carbocycles. The number of hydrogen-bond donors (Lipinski definition) is 3. The van der Waals surface area contributed by atoms with Crippen molar-refractivity contribution in [2.24, 2.45) is 4.99 Å². The van der Waals surface area contributed by atoms with Gasteiger partial charge in [-0.2, -0.15) is 0 Å². The maximum atomic E-state index is 11.6. The number of nitrogens with one attached hydrogen (secondary N) is 3. The highest BCUT2D eigenvalue weighted by Gasteiger charge is 2.19. The normalized spacial score (nSPS) is 16.8. The van der Waals surface area contributed by atoms with Crippen LogP contribution in [0.15, 0.2) is 4.99 Å². The molecule has 3 N–H and O–H groups in total. The average molecular weight is 425 g/mol. The summed E-state index contributed by atoms with van der Waals surface area (Å²) in [6.07, 6.45) is 4.43. The molecular formula is C15H32IN5O. The first-order valence-corrected chi connectivity index (χ1v) is 8.15. The number of nitrogens with zero attached hydrogens (tertiary/aromatic N) is 2. The summed E-state index contributed by atoms with van der Waals surface area (Å²) in [5.41, 5.74) is 0. The van der Waals surface area contributed by atoms with Crippen LogP contribution in [0.4, 0.5) is 0 Å². The number of halogens is 1. The van der Waals surface area contributed by atoms with Gasteiger partial charge in [0.25, 0.3) is 0 Å². The molecule has 6 nitrogen and oxygen atoms in total. The van der Waals surface area contributed by atoms with Gasteiger partial charge in [0.05, 0.1) is 6.54 Å². The van der Waals surface area contributed by atoms with Crippen LogP contribution in [0.25, 0.3) is 0 Å². The lowest BCUT2D eigenvalue weighted by atomic mass is 10.1. The molecule has 1 rings (SSSR count). The Morgan fingerprint density at radius 3 is 2.41 bits per heavy atom. The summed E-state index contributed by atoms with van der Waals surface area (Å²) >= 11 is 0. The molecule has 1 amide bonds. The Kier molecular flexibility index (Phi) is 12.6. The van der Waals surface area contributed by atoms with Crippen molar-refractivity contribution in [2.75, 3.05) is 39.8 Å². The second-order valence-electron chi connectivity index (χ2n) is 5.54. The molecule has 1 aliphatic rings. The SMILES string of the molecule is CCCNC(=O)CNC(=NC)NC1CCN(CCC)CC1.I. The number of rotatable bonds is 7. The molecule has 1 fully saturated rings. The van der Waals surface area contributed by atoms with Gasteiger partial charge in [-0.3, -0.25) is 9.79 Å². The fourth-order valence-electron chi connectivity index (χ4n) is 2.50. The maximum absolute atomic E-state index is 11.6. The zero-order valence-corrected chi connectivity index (χ0v) is 16.5. The molecule has 7 heteroatoms. The van der Waals surface area contributed by atoms with Crippen molar-refractivity contribution in [1.29, 1.82) is 0 Å². The Labute approximate surface area is 151 Å². The molecule has 1 heterocycles. The molecule has 1 aliphatic heterocycles. The van der Waals surface area contributed by atoms with E-state index in [1.165, 1.54) is 13.0 Å². The Morgan fingerprint density at radius 2 is 1.86 bits per heavy atom. The zero-order valence-electron chi connectivity index (χ0n) is 14.2. The van der Waals surface area contributed by atoms with E-state index in [1.807, 2.05) is 6.92 Å². The molecule has 0 aromatic carbocycles. The first-order chi connectivity index (χ1) is 10.2. The summed E-state index contributed by atoms with van der Waals surface area (Å²) in [6.45, 7) is 8.73. The lowest BCUT2D eigenvalue weighted by molar-refractivity contribution is -0.120. The van der Waals surface area contributed by atoms with Gasteiger partial charge in [0.1, 0.15) is 0 Å². The average Bonchev–Trinajstić information content (AvgIpc) is 2.51. The second kappa shape index (κ2) is 12.9. The van der Waals surface area contributed by atoms with Crippen LogP contribution in [0.5, 0.6) is 0 Å². The minimum absolute atomic E-state index is 0. The molecule has 0 bridgehead atoms. The summed E-state index contributed by atoms with van der Waals surface area (Å²) in [7, 11) is 1.74. The van der Waals surface area contributed by atoms with Gasteiger partial charge < -0.3 is 20.9 Å². The van der Waals surface area contributed by atoms with E-state index in [0.717, 1.165) is 44.9 Å². The molecule has 22 heavy (non-hydrogen) atoms. The lowest BCUT2D eigenvalue weighted by Crippen LogP contribution is -2.50. The maximum Gasteiger partial charge on any atom is 0.239 e. The number of carbonyl (C=O) groups excluding carboxylic acids is 1.